The molecule has 0 unspecified atom stereocenters. The zero-order chi connectivity index (χ0) is 19.0. The van der Waals surface area contributed by atoms with Gasteiger partial charge in [-0.05, 0) is 36.8 Å². The first-order valence-electron chi connectivity index (χ1n) is 8.48. The molecule has 27 heavy (non-hydrogen) atoms. The molecule has 4 rings (SSSR count). The Morgan fingerprint density at radius 3 is 2.44 bits per heavy atom. The monoisotopic (exact) mass is 418 g/mol. The van der Waals surface area contributed by atoms with Gasteiger partial charge in [-0.2, -0.15) is 0 Å². The Balaban J connectivity index is 2.09. The van der Waals surface area contributed by atoms with E-state index in [1.54, 1.807) is 18.2 Å². The van der Waals surface area contributed by atoms with Gasteiger partial charge in [0, 0.05) is 21.0 Å². The summed E-state index contributed by atoms with van der Waals surface area (Å²) in [6, 6.07) is 22.1. The number of benzene rings is 3. The first-order chi connectivity index (χ1) is 13.0. The molecule has 0 aliphatic heterocycles. The Labute approximate surface area is 164 Å². The van der Waals surface area contributed by atoms with Gasteiger partial charge in [-0.1, -0.05) is 70.0 Å². The number of fused-ring (bicyclic) bond motifs is 1. The first-order valence-corrected chi connectivity index (χ1v) is 9.27. The molecule has 4 heteroatoms. The lowest BCUT2D eigenvalue weighted by atomic mass is 9.92. The molecule has 3 nitrogen and oxygen atoms in total. The molecule has 0 amide bonds. The van der Waals surface area contributed by atoms with Crippen molar-refractivity contribution in [2.45, 2.75) is 6.92 Å². The zero-order valence-corrected chi connectivity index (χ0v) is 16.1. The highest BCUT2D eigenvalue weighted by molar-refractivity contribution is 9.10. The van der Waals surface area contributed by atoms with Crippen molar-refractivity contribution in [2.75, 3.05) is 0 Å². The normalized spacial score (nSPS) is 10.9. The Hall–Kier alpha value is -2.98. The van der Waals surface area contributed by atoms with Crippen molar-refractivity contribution in [3.63, 3.8) is 0 Å². The van der Waals surface area contributed by atoms with Crippen LogP contribution in [0.5, 0.6) is 0 Å². The van der Waals surface area contributed by atoms with E-state index < -0.39 is 5.63 Å². The van der Waals surface area contributed by atoms with Gasteiger partial charge in [-0.15, -0.1) is 0 Å². The largest absolute Gasteiger partial charge is 0.422 e. The zero-order valence-electron chi connectivity index (χ0n) is 14.5. The highest BCUT2D eigenvalue weighted by Crippen LogP contribution is 2.33. The van der Waals surface area contributed by atoms with Crippen LogP contribution in [0.25, 0.3) is 22.1 Å². The molecule has 0 saturated heterocycles. The second-order valence-electron chi connectivity index (χ2n) is 6.34. The summed E-state index contributed by atoms with van der Waals surface area (Å²) in [5, 5.41) is 0.714. The molecule has 1 aromatic heterocycles. The second-order valence-corrected chi connectivity index (χ2v) is 7.26. The molecule has 0 saturated carbocycles. The number of carbonyl (C=O) groups excluding carboxylic acids is 1. The number of carbonyl (C=O) groups is 1. The third kappa shape index (κ3) is 3.24. The van der Waals surface area contributed by atoms with Crippen LogP contribution >= 0.6 is 15.9 Å². The third-order valence-electron chi connectivity index (χ3n) is 4.44. The van der Waals surface area contributed by atoms with Crippen LogP contribution in [0.1, 0.15) is 21.5 Å². The summed E-state index contributed by atoms with van der Waals surface area (Å²) in [7, 11) is 0. The fourth-order valence-corrected chi connectivity index (χ4v) is 3.58. The van der Waals surface area contributed by atoms with Crippen LogP contribution < -0.4 is 5.63 Å². The molecule has 0 bridgehead atoms. The number of halogens is 1. The van der Waals surface area contributed by atoms with Crippen molar-refractivity contribution in [3.05, 3.63) is 104 Å². The molecule has 0 aliphatic rings. The van der Waals surface area contributed by atoms with E-state index in [1.165, 1.54) is 0 Å². The highest BCUT2D eigenvalue weighted by Gasteiger charge is 2.23. The van der Waals surface area contributed by atoms with Crippen molar-refractivity contribution < 1.29 is 9.21 Å². The second kappa shape index (κ2) is 6.97. The van der Waals surface area contributed by atoms with Crippen molar-refractivity contribution in [3.8, 4) is 11.1 Å². The van der Waals surface area contributed by atoms with Gasteiger partial charge in [0.1, 0.15) is 11.1 Å². The van der Waals surface area contributed by atoms with Gasteiger partial charge in [-0.25, -0.2) is 4.79 Å². The minimum absolute atomic E-state index is 0.0531. The van der Waals surface area contributed by atoms with Crippen LogP contribution in [0.3, 0.4) is 0 Å². The molecular weight excluding hydrogens is 404 g/mol. The topological polar surface area (TPSA) is 47.3 Å². The summed E-state index contributed by atoms with van der Waals surface area (Å²) in [6.07, 6.45) is 0. The van der Waals surface area contributed by atoms with Gasteiger partial charge in [0.2, 0.25) is 5.78 Å². The van der Waals surface area contributed by atoms with Gasteiger partial charge in [-0.3, -0.25) is 4.79 Å². The maximum absolute atomic E-state index is 13.3. The van der Waals surface area contributed by atoms with Crippen LogP contribution in [-0.2, 0) is 0 Å². The van der Waals surface area contributed by atoms with E-state index in [2.05, 4.69) is 15.9 Å². The molecule has 132 valence electrons. The maximum Gasteiger partial charge on any atom is 0.348 e. The van der Waals surface area contributed by atoms with Gasteiger partial charge in [0.25, 0.3) is 0 Å². The van der Waals surface area contributed by atoms with Crippen LogP contribution in [0, 0.1) is 6.92 Å². The van der Waals surface area contributed by atoms with E-state index >= 15 is 0 Å². The minimum atomic E-state index is -0.629. The molecule has 1 heterocycles. The van der Waals surface area contributed by atoms with Crippen LogP contribution in [0.15, 0.2) is 86.5 Å². The van der Waals surface area contributed by atoms with E-state index in [0.29, 0.717) is 22.1 Å². The third-order valence-corrected chi connectivity index (χ3v) is 4.93. The number of aryl methyl sites for hydroxylation is 1. The molecule has 0 radical (unpaired) electrons. The Kier molecular flexibility index (Phi) is 4.50. The average molecular weight is 419 g/mol. The van der Waals surface area contributed by atoms with E-state index in [4.69, 9.17) is 4.42 Å². The molecule has 0 aliphatic carbocycles. The van der Waals surface area contributed by atoms with Crippen molar-refractivity contribution in [1.82, 2.24) is 0 Å². The minimum Gasteiger partial charge on any atom is -0.422 e. The highest BCUT2D eigenvalue weighted by atomic mass is 79.9. The van der Waals surface area contributed by atoms with Gasteiger partial charge in [0.15, 0.2) is 0 Å². The Bertz CT molecular complexity index is 1220. The fourth-order valence-electron chi connectivity index (χ4n) is 3.22. The number of hydrogen-bond acceptors (Lipinski definition) is 3. The SMILES string of the molecule is Cc1cccc(C(=O)c2c(-c3ccccc3)c3cc(Br)ccc3oc2=O)c1. The van der Waals surface area contributed by atoms with E-state index in [1.807, 2.05) is 61.5 Å². The van der Waals surface area contributed by atoms with Crippen LogP contribution in [0.2, 0.25) is 0 Å². The maximum atomic E-state index is 13.3. The van der Waals surface area contributed by atoms with Gasteiger partial charge in [0.05, 0.1) is 0 Å². The van der Waals surface area contributed by atoms with Gasteiger partial charge < -0.3 is 4.42 Å². The Morgan fingerprint density at radius 2 is 1.70 bits per heavy atom. The standard InChI is InChI=1S/C23H15BrO3/c1-14-6-5-9-16(12-14)22(25)21-20(15-7-3-2-4-8-15)18-13-17(24)10-11-19(18)27-23(21)26/h2-13H,1H3. The molecule has 4 aromatic rings. The summed E-state index contributed by atoms with van der Waals surface area (Å²) in [5.74, 6) is -0.340. The molecule has 0 fully saturated rings. The van der Waals surface area contributed by atoms with Crippen LogP contribution in [-0.4, -0.2) is 5.78 Å². The van der Waals surface area contributed by atoms with Crippen LogP contribution in [0.4, 0.5) is 0 Å². The van der Waals surface area contributed by atoms with E-state index in [0.717, 1.165) is 15.6 Å². The lowest BCUT2D eigenvalue weighted by molar-refractivity contribution is 0.103. The predicted octanol–water partition coefficient (Wildman–Crippen LogP) is 5.76. The van der Waals surface area contributed by atoms with E-state index in [9.17, 15) is 9.59 Å². The lowest BCUT2D eigenvalue weighted by Crippen LogP contribution is -2.17. The first kappa shape index (κ1) is 17.4. The summed E-state index contributed by atoms with van der Waals surface area (Å²) < 4.78 is 6.33. The lowest BCUT2D eigenvalue weighted by Gasteiger charge is -2.12. The van der Waals surface area contributed by atoms with Crippen molar-refractivity contribution in [1.29, 1.82) is 0 Å². The molecule has 0 atom stereocenters. The summed E-state index contributed by atoms with van der Waals surface area (Å²) in [5.41, 5.74) is 2.68. The smallest absolute Gasteiger partial charge is 0.348 e. The summed E-state index contributed by atoms with van der Waals surface area (Å²) in [4.78, 5) is 26.1. The summed E-state index contributed by atoms with van der Waals surface area (Å²) in [6.45, 7) is 1.91. The molecule has 0 spiro atoms. The Morgan fingerprint density at radius 1 is 0.926 bits per heavy atom. The quantitative estimate of drug-likeness (QED) is 0.313. The summed E-state index contributed by atoms with van der Waals surface area (Å²) >= 11 is 3.47. The number of hydrogen-bond donors (Lipinski definition) is 0. The molecule has 3 aromatic carbocycles. The number of ketones is 1. The molecule has 0 N–H and O–H groups in total. The number of rotatable bonds is 3. The van der Waals surface area contributed by atoms with E-state index in [-0.39, 0.29) is 11.3 Å². The molecular formula is C23H15BrO3. The fraction of sp³-hybridized carbons (Fsp3) is 0.0435. The van der Waals surface area contributed by atoms with Crippen molar-refractivity contribution >= 4 is 32.7 Å². The van der Waals surface area contributed by atoms with Crippen molar-refractivity contribution in [2.24, 2.45) is 0 Å². The van der Waals surface area contributed by atoms with Gasteiger partial charge >= 0.3 is 5.63 Å². The average Bonchev–Trinajstić information content (AvgIpc) is 2.67. The predicted molar refractivity (Wildman–Crippen MR) is 110 cm³/mol.